The third-order valence-corrected chi connectivity index (χ3v) is 4.21. The number of nitrogens with zero attached hydrogens (tertiary/aromatic N) is 2. The standard InChI is InChI=1S/C20H21F3N2O3/c1-3-4-5-16(12-13(2)20(21,22)23)18-25-24-17(28-18)11-8-14-6-9-15(10-7-14)19(26)27/h3,5-6,9,12H,1,4,7-8,10-11H2,2H3,(H,26,27)/b13-12+,16-5+. The molecule has 1 aliphatic carbocycles. The second-order valence-electron chi connectivity index (χ2n) is 6.33. The predicted octanol–water partition coefficient (Wildman–Crippen LogP) is 5.20. The van der Waals surface area contributed by atoms with Gasteiger partial charge in [0.05, 0.1) is 0 Å². The zero-order chi connectivity index (χ0) is 20.7. The molecule has 8 heteroatoms. The number of aromatic nitrogens is 2. The third-order valence-electron chi connectivity index (χ3n) is 4.21. The van der Waals surface area contributed by atoms with Crippen molar-refractivity contribution in [2.45, 2.75) is 45.2 Å². The molecule has 0 aromatic carbocycles. The zero-order valence-corrected chi connectivity index (χ0v) is 15.4. The Bertz CT molecular complexity index is 858. The first-order valence-electron chi connectivity index (χ1n) is 8.72. The van der Waals surface area contributed by atoms with Gasteiger partial charge in [0.1, 0.15) is 0 Å². The lowest BCUT2D eigenvalue weighted by Gasteiger charge is -2.11. The monoisotopic (exact) mass is 394 g/mol. The molecule has 0 saturated heterocycles. The van der Waals surface area contributed by atoms with Crippen LogP contribution in [-0.4, -0.2) is 27.4 Å². The van der Waals surface area contributed by atoms with Crippen molar-refractivity contribution in [3.63, 3.8) is 0 Å². The van der Waals surface area contributed by atoms with E-state index in [2.05, 4.69) is 16.8 Å². The maximum atomic E-state index is 12.8. The molecule has 0 bridgehead atoms. The van der Waals surface area contributed by atoms with Crippen LogP contribution in [-0.2, 0) is 11.2 Å². The van der Waals surface area contributed by atoms with Crippen molar-refractivity contribution in [2.24, 2.45) is 0 Å². The number of carbonyl (C=O) groups is 1. The number of rotatable bonds is 8. The van der Waals surface area contributed by atoms with E-state index in [-0.39, 0.29) is 11.5 Å². The summed E-state index contributed by atoms with van der Waals surface area (Å²) in [6.45, 7) is 4.53. The van der Waals surface area contributed by atoms with Crippen LogP contribution in [0.25, 0.3) is 5.57 Å². The summed E-state index contributed by atoms with van der Waals surface area (Å²) in [5.74, 6) is -0.588. The first kappa shape index (κ1) is 21.4. The van der Waals surface area contributed by atoms with E-state index in [0.717, 1.165) is 18.6 Å². The van der Waals surface area contributed by atoms with Crippen LogP contribution < -0.4 is 0 Å². The van der Waals surface area contributed by atoms with Crippen molar-refractivity contribution in [2.75, 3.05) is 0 Å². The number of alkyl halides is 3. The van der Waals surface area contributed by atoms with E-state index in [0.29, 0.717) is 43.6 Å². The maximum absolute atomic E-state index is 12.8. The van der Waals surface area contributed by atoms with Gasteiger partial charge in [0, 0.05) is 23.1 Å². The SMILES string of the molecule is C=CC/C=C(\C=C(/C)C(F)(F)F)c1nnc(CCC2=CC=C(C(=O)O)CC2)o1. The number of carboxylic acid groups (broad SMARTS) is 1. The molecular formula is C20H21F3N2O3. The van der Waals surface area contributed by atoms with Crippen LogP contribution in [0.1, 0.15) is 44.4 Å². The molecule has 28 heavy (non-hydrogen) atoms. The van der Waals surface area contributed by atoms with Gasteiger partial charge in [-0.1, -0.05) is 29.9 Å². The van der Waals surface area contributed by atoms with Crippen LogP contribution in [0.5, 0.6) is 0 Å². The molecule has 0 spiro atoms. The Morgan fingerprint density at radius 2 is 2.04 bits per heavy atom. The van der Waals surface area contributed by atoms with Crippen molar-refractivity contribution in [3.8, 4) is 0 Å². The van der Waals surface area contributed by atoms with E-state index in [4.69, 9.17) is 9.52 Å². The highest BCUT2D eigenvalue weighted by molar-refractivity contribution is 5.87. The molecule has 0 radical (unpaired) electrons. The van der Waals surface area contributed by atoms with Crippen molar-refractivity contribution in [1.29, 1.82) is 0 Å². The Morgan fingerprint density at radius 1 is 1.29 bits per heavy atom. The molecule has 0 saturated carbocycles. The predicted molar refractivity (Wildman–Crippen MR) is 98.3 cm³/mol. The van der Waals surface area contributed by atoms with Gasteiger partial charge in [-0.2, -0.15) is 13.2 Å². The summed E-state index contributed by atoms with van der Waals surface area (Å²) in [6, 6.07) is 0. The maximum Gasteiger partial charge on any atom is 0.412 e. The average Bonchev–Trinajstić information content (AvgIpc) is 3.11. The summed E-state index contributed by atoms with van der Waals surface area (Å²) >= 11 is 0. The summed E-state index contributed by atoms with van der Waals surface area (Å²) in [5.41, 5.74) is 0.850. The molecule has 1 aromatic rings. The largest absolute Gasteiger partial charge is 0.478 e. The number of hydrogen-bond acceptors (Lipinski definition) is 4. The number of carboxylic acids is 1. The van der Waals surface area contributed by atoms with Crippen molar-refractivity contribution in [3.05, 3.63) is 65.5 Å². The second-order valence-corrected chi connectivity index (χ2v) is 6.33. The highest BCUT2D eigenvalue weighted by Gasteiger charge is 2.30. The first-order valence-corrected chi connectivity index (χ1v) is 8.72. The Balaban J connectivity index is 2.10. The summed E-state index contributed by atoms with van der Waals surface area (Å²) in [5, 5.41) is 16.7. The lowest BCUT2D eigenvalue weighted by Crippen LogP contribution is -2.09. The van der Waals surface area contributed by atoms with Crippen LogP contribution in [0, 0.1) is 0 Å². The summed E-state index contributed by atoms with van der Waals surface area (Å²) in [7, 11) is 0. The molecular weight excluding hydrogens is 373 g/mol. The van der Waals surface area contributed by atoms with Gasteiger partial charge in [0.25, 0.3) is 0 Å². The van der Waals surface area contributed by atoms with E-state index < -0.39 is 17.7 Å². The van der Waals surface area contributed by atoms with E-state index in [9.17, 15) is 18.0 Å². The Kier molecular flexibility index (Phi) is 7.14. The van der Waals surface area contributed by atoms with E-state index in [1.54, 1.807) is 24.3 Å². The second kappa shape index (κ2) is 9.34. The van der Waals surface area contributed by atoms with Gasteiger partial charge in [0.15, 0.2) is 0 Å². The fourth-order valence-corrected chi connectivity index (χ4v) is 2.54. The normalized spacial score (nSPS) is 15.9. The average molecular weight is 394 g/mol. The topological polar surface area (TPSA) is 76.2 Å². The number of hydrogen-bond donors (Lipinski definition) is 1. The van der Waals surface area contributed by atoms with Gasteiger partial charge in [-0.05, 0) is 38.7 Å². The Morgan fingerprint density at radius 3 is 2.61 bits per heavy atom. The molecule has 0 aliphatic heterocycles. The molecule has 0 atom stereocenters. The number of halogens is 3. The number of allylic oxidation sites excluding steroid dienone is 8. The summed E-state index contributed by atoms with van der Waals surface area (Å²) in [4.78, 5) is 10.9. The van der Waals surface area contributed by atoms with Gasteiger partial charge in [0.2, 0.25) is 11.8 Å². The molecule has 5 nitrogen and oxygen atoms in total. The van der Waals surface area contributed by atoms with Gasteiger partial charge < -0.3 is 9.52 Å². The van der Waals surface area contributed by atoms with E-state index in [1.807, 2.05) is 0 Å². The molecule has 1 aromatic heterocycles. The molecule has 2 rings (SSSR count). The lowest BCUT2D eigenvalue weighted by atomic mass is 9.95. The quantitative estimate of drug-likeness (QED) is 0.484. The lowest BCUT2D eigenvalue weighted by molar-refractivity contribution is -0.132. The minimum Gasteiger partial charge on any atom is -0.478 e. The van der Waals surface area contributed by atoms with Gasteiger partial charge in [-0.15, -0.1) is 16.8 Å². The van der Waals surface area contributed by atoms with Crippen molar-refractivity contribution in [1.82, 2.24) is 10.2 Å². The molecule has 150 valence electrons. The minimum atomic E-state index is -4.44. The molecule has 0 unspecified atom stereocenters. The van der Waals surface area contributed by atoms with Crippen molar-refractivity contribution < 1.29 is 27.5 Å². The molecule has 0 amide bonds. The molecule has 1 N–H and O–H groups in total. The number of aryl methyl sites for hydroxylation is 1. The smallest absolute Gasteiger partial charge is 0.412 e. The Labute approximate surface area is 160 Å². The van der Waals surface area contributed by atoms with Gasteiger partial charge >= 0.3 is 12.1 Å². The number of aliphatic carboxylic acids is 1. The van der Waals surface area contributed by atoms with Gasteiger partial charge in [-0.25, -0.2) is 4.79 Å². The van der Waals surface area contributed by atoms with E-state index >= 15 is 0 Å². The molecule has 1 heterocycles. The molecule has 1 aliphatic rings. The minimum absolute atomic E-state index is 0.0196. The highest BCUT2D eigenvalue weighted by Crippen LogP contribution is 2.29. The third kappa shape index (κ3) is 6.07. The summed E-state index contributed by atoms with van der Waals surface area (Å²) < 4.78 is 44.0. The fourth-order valence-electron chi connectivity index (χ4n) is 2.54. The van der Waals surface area contributed by atoms with Crippen LogP contribution in [0.3, 0.4) is 0 Å². The first-order chi connectivity index (χ1) is 13.2. The zero-order valence-electron chi connectivity index (χ0n) is 15.4. The van der Waals surface area contributed by atoms with Crippen molar-refractivity contribution >= 4 is 11.5 Å². The van der Waals surface area contributed by atoms with Crippen LogP contribution in [0.15, 0.2) is 58.1 Å². The molecule has 0 fully saturated rings. The van der Waals surface area contributed by atoms with E-state index in [1.165, 1.54) is 0 Å². The van der Waals surface area contributed by atoms with Crippen LogP contribution in [0.2, 0.25) is 0 Å². The van der Waals surface area contributed by atoms with Crippen LogP contribution >= 0.6 is 0 Å². The van der Waals surface area contributed by atoms with Gasteiger partial charge in [-0.3, -0.25) is 0 Å². The highest BCUT2D eigenvalue weighted by atomic mass is 19.4. The summed E-state index contributed by atoms with van der Waals surface area (Å²) in [6.07, 6.45) is 5.48. The fraction of sp³-hybridized carbons (Fsp3) is 0.350. The Hall–Kier alpha value is -2.90. The van der Waals surface area contributed by atoms with Crippen LogP contribution in [0.4, 0.5) is 13.2 Å².